The van der Waals surface area contributed by atoms with Gasteiger partial charge in [0.15, 0.2) is 0 Å². The molecule has 1 amide bonds. The summed E-state index contributed by atoms with van der Waals surface area (Å²) in [4.78, 5) is 14.1. The number of hydrogen-bond acceptors (Lipinski definition) is 3. The van der Waals surface area contributed by atoms with Gasteiger partial charge >= 0.3 is 0 Å². The highest BCUT2D eigenvalue weighted by molar-refractivity contribution is 7.12. The second kappa shape index (κ2) is 6.57. The molecule has 1 aromatic heterocycles. The molecule has 1 aromatic carbocycles. The second-order valence-electron chi connectivity index (χ2n) is 4.54. The lowest BCUT2D eigenvalue weighted by Gasteiger charge is -2.06. The maximum absolute atomic E-state index is 12.1. The molecule has 0 radical (unpaired) electrons. The lowest BCUT2D eigenvalue weighted by Crippen LogP contribution is -2.13. The Morgan fingerprint density at radius 1 is 1.33 bits per heavy atom. The van der Waals surface area contributed by atoms with Crippen molar-refractivity contribution in [3.05, 3.63) is 56.2 Å². The SMILES string of the molecule is Cc1ccc(/C=C(\C#N)C(=O)Nc2ccc(C)c(Cl)c2)s1. The van der Waals surface area contributed by atoms with Crippen LogP contribution in [-0.4, -0.2) is 5.91 Å². The number of aryl methyl sites for hydroxylation is 2. The Morgan fingerprint density at radius 3 is 2.67 bits per heavy atom. The number of thiophene rings is 1. The van der Waals surface area contributed by atoms with E-state index < -0.39 is 5.91 Å². The van der Waals surface area contributed by atoms with Crippen LogP contribution in [0.2, 0.25) is 5.02 Å². The predicted octanol–water partition coefficient (Wildman–Crippen LogP) is 4.56. The van der Waals surface area contributed by atoms with Crippen LogP contribution < -0.4 is 5.32 Å². The average molecular weight is 317 g/mol. The van der Waals surface area contributed by atoms with E-state index in [-0.39, 0.29) is 5.57 Å². The molecule has 0 aliphatic rings. The van der Waals surface area contributed by atoms with E-state index in [9.17, 15) is 4.79 Å². The number of halogens is 1. The maximum atomic E-state index is 12.1. The number of amides is 1. The lowest BCUT2D eigenvalue weighted by atomic mass is 10.2. The smallest absolute Gasteiger partial charge is 0.266 e. The molecule has 0 bridgehead atoms. The Labute approximate surface area is 132 Å². The van der Waals surface area contributed by atoms with Crippen LogP contribution in [-0.2, 0) is 4.79 Å². The van der Waals surface area contributed by atoms with Gasteiger partial charge in [0.25, 0.3) is 5.91 Å². The number of hydrogen-bond donors (Lipinski definition) is 1. The Bertz CT molecular complexity index is 756. The van der Waals surface area contributed by atoms with E-state index in [1.54, 1.807) is 18.2 Å². The normalized spacial score (nSPS) is 11.0. The van der Waals surface area contributed by atoms with E-state index in [2.05, 4.69) is 5.32 Å². The van der Waals surface area contributed by atoms with Crippen molar-refractivity contribution in [2.24, 2.45) is 0 Å². The van der Waals surface area contributed by atoms with Gasteiger partial charge < -0.3 is 5.32 Å². The van der Waals surface area contributed by atoms with Crippen LogP contribution in [0, 0.1) is 25.2 Å². The van der Waals surface area contributed by atoms with Crippen molar-refractivity contribution >= 4 is 40.6 Å². The van der Waals surface area contributed by atoms with E-state index >= 15 is 0 Å². The third-order valence-corrected chi connectivity index (χ3v) is 4.20. The zero-order valence-corrected chi connectivity index (χ0v) is 13.2. The van der Waals surface area contributed by atoms with Crippen LogP contribution >= 0.6 is 22.9 Å². The van der Waals surface area contributed by atoms with Crippen LogP contribution in [0.4, 0.5) is 5.69 Å². The third kappa shape index (κ3) is 3.94. The van der Waals surface area contributed by atoms with Crippen LogP contribution in [0.15, 0.2) is 35.9 Å². The molecule has 1 N–H and O–H groups in total. The minimum Gasteiger partial charge on any atom is -0.321 e. The van der Waals surface area contributed by atoms with E-state index in [4.69, 9.17) is 16.9 Å². The summed E-state index contributed by atoms with van der Waals surface area (Å²) in [6, 6.07) is 11.0. The van der Waals surface area contributed by atoms with Crippen LogP contribution in [0.25, 0.3) is 6.08 Å². The number of benzene rings is 1. The number of anilines is 1. The van der Waals surface area contributed by atoms with Gasteiger partial charge in [-0.05, 0) is 49.8 Å². The highest BCUT2D eigenvalue weighted by Crippen LogP contribution is 2.21. The lowest BCUT2D eigenvalue weighted by molar-refractivity contribution is -0.112. The first-order valence-electron chi connectivity index (χ1n) is 6.25. The summed E-state index contributed by atoms with van der Waals surface area (Å²) in [6.45, 7) is 3.86. The second-order valence-corrected chi connectivity index (χ2v) is 6.26. The highest BCUT2D eigenvalue weighted by Gasteiger charge is 2.10. The number of carbonyl (C=O) groups excluding carboxylic acids is 1. The minimum absolute atomic E-state index is 0.0635. The number of nitrogens with one attached hydrogen (secondary N) is 1. The Hall–Kier alpha value is -2.09. The number of nitrogens with zero attached hydrogens (tertiary/aromatic N) is 1. The van der Waals surface area contributed by atoms with Crippen molar-refractivity contribution in [3.63, 3.8) is 0 Å². The molecule has 106 valence electrons. The van der Waals surface area contributed by atoms with Gasteiger partial charge in [-0.2, -0.15) is 5.26 Å². The molecule has 21 heavy (non-hydrogen) atoms. The van der Waals surface area contributed by atoms with Crippen molar-refractivity contribution in [2.45, 2.75) is 13.8 Å². The van der Waals surface area contributed by atoms with Crippen molar-refractivity contribution in [2.75, 3.05) is 5.32 Å². The molecule has 1 heterocycles. The van der Waals surface area contributed by atoms with Gasteiger partial charge in [0, 0.05) is 20.5 Å². The first kappa shape index (κ1) is 15.3. The largest absolute Gasteiger partial charge is 0.321 e. The monoisotopic (exact) mass is 316 g/mol. The molecule has 0 aliphatic carbocycles. The molecule has 0 atom stereocenters. The molecule has 0 saturated heterocycles. The molecule has 0 aliphatic heterocycles. The van der Waals surface area contributed by atoms with Gasteiger partial charge in [-0.25, -0.2) is 0 Å². The summed E-state index contributed by atoms with van der Waals surface area (Å²) in [5.41, 5.74) is 1.56. The Kier molecular flexibility index (Phi) is 4.79. The standard InChI is InChI=1S/C16H13ClN2OS/c1-10-3-5-13(8-15(10)17)19-16(20)12(9-18)7-14-6-4-11(2)21-14/h3-8H,1-2H3,(H,19,20)/b12-7+. The van der Waals surface area contributed by atoms with E-state index in [1.807, 2.05) is 38.1 Å². The van der Waals surface area contributed by atoms with Crippen molar-refractivity contribution < 1.29 is 4.79 Å². The summed E-state index contributed by atoms with van der Waals surface area (Å²) in [7, 11) is 0. The van der Waals surface area contributed by atoms with Crippen molar-refractivity contribution in [1.82, 2.24) is 0 Å². The van der Waals surface area contributed by atoms with Gasteiger partial charge in [-0.3, -0.25) is 4.79 Å². The molecule has 0 spiro atoms. The van der Waals surface area contributed by atoms with Crippen LogP contribution in [0.3, 0.4) is 0 Å². The molecule has 3 nitrogen and oxygen atoms in total. The molecule has 0 fully saturated rings. The van der Waals surface area contributed by atoms with Gasteiger partial charge in [-0.1, -0.05) is 17.7 Å². The maximum Gasteiger partial charge on any atom is 0.266 e. The fraction of sp³-hybridized carbons (Fsp3) is 0.125. The van der Waals surface area contributed by atoms with Crippen LogP contribution in [0.1, 0.15) is 15.3 Å². The fourth-order valence-electron chi connectivity index (χ4n) is 1.69. The zero-order valence-electron chi connectivity index (χ0n) is 11.6. The first-order chi connectivity index (χ1) is 9.99. The van der Waals surface area contributed by atoms with Gasteiger partial charge in [-0.15, -0.1) is 11.3 Å². The molecular weight excluding hydrogens is 304 g/mol. The summed E-state index contributed by atoms with van der Waals surface area (Å²) in [5, 5.41) is 12.4. The fourth-order valence-corrected chi connectivity index (χ4v) is 2.69. The highest BCUT2D eigenvalue weighted by atomic mass is 35.5. The molecule has 0 saturated carbocycles. The summed E-state index contributed by atoms with van der Waals surface area (Å²) in [6.07, 6.45) is 1.59. The van der Waals surface area contributed by atoms with Crippen LogP contribution in [0.5, 0.6) is 0 Å². The molecule has 2 rings (SSSR count). The predicted molar refractivity (Wildman–Crippen MR) is 87.5 cm³/mol. The third-order valence-electron chi connectivity index (χ3n) is 2.84. The molecule has 0 unspecified atom stereocenters. The summed E-state index contributed by atoms with van der Waals surface area (Å²) >= 11 is 7.54. The number of rotatable bonds is 3. The summed E-state index contributed by atoms with van der Waals surface area (Å²) in [5.74, 6) is -0.441. The van der Waals surface area contributed by atoms with Crippen molar-refractivity contribution in [1.29, 1.82) is 5.26 Å². The quantitative estimate of drug-likeness (QED) is 0.666. The Morgan fingerprint density at radius 2 is 2.10 bits per heavy atom. The topological polar surface area (TPSA) is 52.9 Å². The molecular formula is C16H13ClN2OS. The molecule has 5 heteroatoms. The number of carbonyl (C=O) groups is 1. The van der Waals surface area contributed by atoms with E-state index in [1.165, 1.54) is 11.3 Å². The summed E-state index contributed by atoms with van der Waals surface area (Å²) < 4.78 is 0. The molecule has 2 aromatic rings. The van der Waals surface area contributed by atoms with Gasteiger partial charge in [0.2, 0.25) is 0 Å². The van der Waals surface area contributed by atoms with Gasteiger partial charge in [0.05, 0.1) is 0 Å². The zero-order chi connectivity index (χ0) is 15.4. The van der Waals surface area contributed by atoms with Gasteiger partial charge in [0.1, 0.15) is 11.6 Å². The average Bonchev–Trinajstić information content (AvgIpc) is 2.85. The van der Waals surface area contributed by atoms with Crippen molar-refractivity contribution in [3.8, 4) is 6.07 Å². The van der Waals surface area contributed by atoms with E-state index in [0.717, 1.165) is 15.3 Å². The van der Waals surface area contributed by atoms with E-state index in [0.29, 0.717) is 10.7 Å². The first-order valence-corrected chi connectivity index (χ1v) is 7.45. The minimum atomic E-state index is -0.441. The number of nitriles is 1. The Balaban J connectivity index is 2.19.